The summed E-state index contributed by atoms with van der Waals surface area (Å²) in [6.45, 7) is 5.50. The van der Waals surface area contributed by atoms with Gasteiger partial charge in [-0.15, -0.1) is 10.2 Å². The summed E-state index contributed by atoms with van der Waals surface area (Å²) >= 11 is 13.7. The highest BCUT2D eigenvalue weighted by Gasteiger charge is 2.13. The van der Waals surface area contributed by atoms with Gasteiger partial charge in [-0.25, -0.2) is 0 Å². The smallest absolute Gasteiger partial charge is 0.191 e. The molecule has 0 aliphatic carbocycles. The molecule has 0 saturated heterocycles. The maximum Gasteiger partial charge on any atom is 0.191 e. The van der Waals surface area contributed by atoms with Crippen molar-refractivity contribution in [2.45, 2.75) is 31.3 Å². The summed E-state index contributed by atoms with van der Waals surface area (Å²) < 4.78 is 7.61. The lowest BCUT2D eigenvalue weighted by Gasteiger charge is -2.08. The van der Waals surface area contributed by atoms with Crippen LogP contribution in [0, 0.1) is 0 Å². The SMILES string of the molecule is CCOc1ccc(-c2nnc(SCc3ccc(Cl)c(Cl)c3)n2CC)cc1. The van der Waals surface area contributed by atoms with E-state index < -0.39 is 0 Å². The molecule has 26 heavy (non-hydrogen) atoms. The van der Waals surface area contributed by atoms with Gasteiger partial charge in [0.05, 0.1) is 16.7 Å². The summed E-state index contributed by atoms with van der Waals surface area (Å²) in [5, 5.41) is 10.8. The van der Waals surface area contributed by atoms with Crippen molar-refractivity contribution in [3.63, 3.8) is 0 Å². The number of thioether (sulfide) groups is 1. The molecular weight excluding hydrogens is 389 g/mol. The van der Waals surface area contributed by atoms with Crippen LogP contribution in [0.25, 0.3) is 11.4 Å². The fraction of sp³-hybridized carbons (Fsp3) is 0.263. The van der Waals surface area contributed by atoms with Gasteiger partial charge in [0, 0.05) is 17.9 Å². The Bertz CT molecular complexity index is 881. The van der Waals surface area contributed by atoms with Gasteiger partial charge in [-0.2, -0.15) is 0 Å². The quantitative estimate of drug-likeness (QED) is 0.452. The second-order valence-corrected chi connectivity index (χ2v) is 7.30. The Morgan fingerprint density at radius 2 is 1.77 bits per heavy atom. The van der Waals surface area contributed by atoms with E-state index in [9.17, 15) is 0 Å². The van der Waals surface area contributed by atoms with Gasteiger partial charge in [-0.05, 0) is 55.8 Å². The number of nitrogens with zero attached hydrogens (tertiary/aromatic N) is 3. The second kappa shape index (κ2) is 8.80. The fourth-order valence-corrected chi connectivity index (χ4v) is 3.80. The molecule has 0 amide bonds. The van der Waals surface area contributed by atoms with Crippen LogP contribution in [0.3, 0.4) is 0 Å². The highest BCUT2D eigenvalue weighted by atomic mass is 35.5. The summed E-state index contributed by atoms with van der Waals surface area (Å²) in [4.78, 5) is 0. The first kappa shape index (κ1) is 19.1. The van der Waals surface area contributed by atoms with Crippen LogP contribution < -0.4 is 4.74 Å². The van der Waals surface area contributed by atoms with Gasteiger partial charge in [0.2, 0.25) is 0 Å². The van der Waals surface area contributed by atoms with Crippen LogP contribution in [0.15, 0.2) is 47.6 Å². The highest BCUT2D eigenvalue weighted by molar-refractivity contribution is 7.98. The van der Waals surface area contributed by atoms with E-state index in [1.54, 1.807) is 11.8 Å². The minimum absolute atomic E-state index is 0.565. The standard InChI is InChI=1S/C19H19Cl2N3OS/c1-3-24-18(14-6-8-15(9-7-14)25-4-2)22-23-19(24)26-12-13-5-10-16(20)17(21)11-13/h5-11H,3-4,12H2,1-2H3. The number of rotatable bonds is 7. The van der Waals surface area contributed by atoms with Gasteiger partial charge in [-0.3, -0.25) is 0 Å². The first-order chi connectivity index (χ1) is 12.6. The normalized spacial score (nSPS) is 10.9. The fourth-order valence-electron chi connectivity index (χ4n) is 2.54. The van der Waals surface area contributed by atoms with Crippen molar-refractivity contribution in [3.8, 4) is 17.1 Å². The molecule has 1 heterocycles. The molecule has 0 saturated carbocycles. The zero-order chi connectivity index (χ0) is 18.5. The van der Waals surface area contributed by atoms with Crippen molar-refractivity contribution in [2.75, 3.05) is 6.61 Å². The van der Waals surface area contributed by atoms with E-state index in [2.05, 4.69) is 21.7 Å². The summed E-state index contributed by atoms with van der Waals surface area (Å²) in [6.07, 6.45) is 0. The Labute approximate surface area is 167 Å². The molecule has 1 aromatic heterocycles. The third-order valence-electron chi connectivity index (χ3n) is 3.81. The molecule has 0 aliphatic heterocycles. The predicted octanol–water partition coefficient (Wildman–Crippen LogP) is 5.96. The van der Waals surface area contributed by atoms with Crippen molar-refractivity contribution in [1.82, 2.24) is 14.8 Å². The molecule has 2 aromatic carbocycles. The molecule has 0 radical (unpaired) electrons. The molecule has 7 heteroatoms. The summed E-state index contributed by atoms with van der Waals surface area (Å²) in [6, 6.07) is 13.6. The van der Waals surface area contributed by atoms with Crippen LogP contribution in [0.2, 0.25) is 10.0 Å². The predicted molar refractivity (Wildman–Crippen MR) is 108 cm³/mol. The van der Waals surface area contributed by atoms with Crippen LogP contribution in [0.1, 0.15) is 19.4 Å². The molecule has 0 spiro atoms. The first-order valence-corrected chi connectivity index (χ1v) is 10.1. The monoisotopic (exact) mass is 407 g/mol. The maximum atomic E-state index is 6.09. The molecule has 0 N–H and O–H groups in total. The van der Waals surface area contributed by atoms with Crippen molar-refractivity contribution in [2.24, 2.45) is 0 Å². The molecule has 0 bridgehead atoms. The number of benzene rings is 2. The van der Waals surface area contributed by atoms with Gasteiger partial charge in [0.15, 0.2) is 11.0 Å². The minimum Gasteiger partial charge on any atom is -0.494 e. The van der Waals surface area contributed by atoms with E-state index in [4.69, 9.17) is 27.9 Å². The average Bonchev–Trinajstić information content (AvgIpc) is 3.06. The number of hydrogen-bond acceptors (Lipinski definition) is 4. The maximum absolute atomic E-state index is 6.09. The lowest BCUT2D eigenvalue weighted by Crippen LogP contribution is -2.00. The number of halogens is 2. The van der Waals surface area contributed by atoms with E-state index in [-0.39, 0.29) is 0 Å². The number of ether oxygens (including phenoxy) is 1. The third-order valence-corrected chi connectivity index (χ3v) is 5.59. The average molecular weight is 408 g/mol. The molecule has 136 valence electrons. The van der Waals surface area contributed by atoms with Crippen LogP contribution in [-0.4, -0.2) is 21.4 Å². The van der Waals surface area contributed by atoms with Gasteiger partial charge in [-0.1, -0.05) is 41.0 Å². The minimum atomic E-state index is 0.565. The highest BCUT2D eigenvalue weighted by Crippen LogP contribution is 2.29. The molecule has 0 fully saturated rings. The van der Waals surface area contributed by atoms with Crippen molar-refractivity contribution in [3.05, 3.63) is 58.1 Å². The molecular formula is C19H19Cl2N3OS. The molecule has 0 unspecified atom stereocenters. The third kappa shape index (κ3) is 4.34. The largest absolute Gasteiger partial charge is 0.494 e. The van der Waals surface area contributed by atoms with E-state index in [0.717, 1.165) is 40.2 Å². The topological polar surface area (TPSA) is 39.9 Å². The zero-order valence-electron chi connectivity index (χ0n) is 14.6. The lowest BCUT2D eigenvalue weighted by molar-refractivity contribution is 0.340. The second-order valence-electron chi connectivity index (χ2n) is 5.54. The van der Waals surface area contributed by atoms with E-state index >= 15 is 0 Å². The molecule has 3 aromatic rings. The zero-order valence-corrected chi connectivity index (χ0v) is 16.9. The number of aromatic nitrogens is 3. The van der Waals surface area contributed by atoms with Gasteiger partial charge < -0.3 is 9.30 Å². The molecule has 3 rings (SSSR count). The lowest BCUT2D eigenvalue weighted by atomic mass is 10.2. The summed E-state index contributed by atoms with van der Waals surface area (Å²) in [5.74, 6) is 2.46. The molecule has 4 nitrogen and oxygen atoms in total. The Hall–Kier alpha value is -1.69. The van der Waals surface area contributed by atoms with E-state index in [1.165, 1.54) is 0 Å². The van der Waals surface area contributed by atoms with Gasteiger partial charge >= 0.3 is 0 Å². The Balaban J connectivity index is 1.78. The number of hydrogen-bond donors (Lipinski definition) is 0. The van der Waals surface area contributed by atoms with Gasteiger partial charge in [0.1, 0.15) is 5.75 Å². The summed E-state index contributed by atoms with van der Waals surface area (Å²) in [5.41, 5.74) is 2.11. The molecule has 0 aliphatic rings. The van der Waals surface area contributed by atoms with Crippen LogP contribution in [-0.2, 0) is 12.3 Å². The first-order valence-electron chi connectivity index (χ1n) is 8.35. The van der Waals surface area contributed by atoms with Gasteiger partial charge in [0.25, 0.3) is 0 Å². The van der Waals surface area contributed by atoms with Crippen LogP contribution in [0.4, 0.5) is 0 Å². The molecule has 0 atom stereocenters. The Morgan fingerprint density at radius 3 is 2.42 bits per heavy atom. The van der Waals surface area contributed by atoms with Crippen molar-refractivity contribution >= 4 is 35.0 Å². The Morgan fingerprint density at radius 1 is 1.00 bits per heavy atom. The Kier molecular flexibility index (Phi) is 6.46. The van der Waals surface area contributed by atoms with Crippen LogP contribution in [0.5, 0.6) is 5.75 Å². The van der Waals surface area contributed by atoms with E-state index in [0.29, 0.717) is 16.7 Å². The van der Waals surface area contributed by atoms with E-state index in [1.807, 2.05) is 49.4 Å². The van der Waals surface area contributed by atoms with Crippen LogP contribution >= 0.6 is 35.0 Å². The van der Waals surface area contributed by atoms with Crippen molar-refractivity contribution in [1.29, 1.82) is 0 Å². The van der Waals surface area contributed by atoms with Crippen molar-refractivity contribution < 1.29 is 4.74 Å². The summed E-state index contributed by atoms with van der Waals surface area (Å²) in [7, 11) is 0.